The topological polar surface area (TPSA) is 32.8 Å². The van der Waals surface area contributed by atoms with Crippen LogP contribution in [0, 0.1) is 10.8 Å². The minimum atomic E-state index is -0.699. The predicted molar refractivity (Wildman–Crippen MR) is 359 cm³/mol. The molecule has 2 aliphatic carbocycles. The second kappa shape index (κ2) is 19.2. The molecule has 2 heterocycles. The molecule has 0 spiro atoms. The van der Waals surface area contributed by atoms with Gasteiger partial charge in [-0.2, -0.15) is 0 Å². The molecule has 0 saturated carbocycles. The highest BCUT2D eigenvalue weighted by Crippen LogP contribution is 2.75. The Balaban J connectivity index is 0.974. The molecule has 0 aliphatic heterocycles. The number of furan rings is 2. The SMILES string of the molecule is CC(C)(C)C1(C2(C(C)(C)C)c3ccccc3-c3ccc(N(c4ccc(-c5ccccc5)cc4)c4cccc5c4oc4ccccc45)cc32)c2ccccc2-c2ccc(N(c3ccc(-c4ccccc4)cc3)c3cccc4c3oc3ccccc34)cc21. The average Bonchev–Trinajstić information content (AvgIpc) is 1.43. The summed E-state index contributed by atoms with van der Waals surface area (Å²) in [7, 11) is 0. The molecule has 4 nitrogen and oxygen atoms in total. The molecule has 2 aromatic heterocycles. The zero-order valence-corrected chi connectivity index (χ0v) is 49.3. The van der Waals surface area contributed by atoms with E-state index in [1.54, 1.807) is 0 Å². The Bertz CT molecular complexity index is 4650. The Morgan fingerprint density at radius 1 is 0.267 bits per heavy atom. The summed E-state index contributed by atoms with van der Waals surface area (Å²) >= 11 is 0. The first-order chi connectivity index (χ1) is 41.9. The molecule has 0 radical (unpaired) electrons. The van der Waals surface area contributed by atoms with Gasteiger partial charge in [0, 0.05) is 55.1 Å². The summed E-state index contributed by atoms with van der Waals surface area (Å²) in [5.41, 5.74) is 22.3. The molecule has 16 rings (SSSR count). The van der Waals surface area contributed by atoms with Crippen LogP contribution >= 0.6 is 0 Å². The molecule has 86 heavy (non-hydrogen) atoms. The van der Waals surface area contributed by atoms with Crippen LogP contribution in [0.2, 0.25) is 0 Å². The van der Waals surface area contributed by atoms with Crippen molar-refractivity contribution in [1.82, 2.24) is 0 Å². The van der Waals surface area contributed by atoms with Crippen molar-refractivity contribution in [1.29, 1.82) is 0 Å². The summed E-state index contributed by atoms with van der Waals surface area (Å²) in [5.74, 6) is 0. The first-order valence-electron chi connectivity index (χ1n) is 30.1. The second-order valence-electron chi connectivity index (χ2n) is 25.6. The summed E-state index contributed by atoms with van der Waals surface area (Å²) in [5, 5.41) is 4.37. The molecule has 12 aromatic carbocycles. The first kappa shape index (κ1) is 51.5. The van der Waals surface area contributed by atoms with Gasteiger partial charge in [0.1, 0.15) is 11.2 Å². The fourth-order valence-corrected chi connectivity index (χ4v) is 15.9. The van der Waals surface area contributed by atoms with Crippen LogP contribution in [-0.4, -0.2) is 0 Å². The summed E-state index contributed by atoms with van der Waals surface area (Å²) in [6.45, 7) is 15.0. The smallest absolute Gasteiger partial charge is 0.159 e. The normalized spacial score (nSPS) is 16.1. The maximum Gasteiger partial charge on any atom is 0.159 e. The Labute approximate surface area is 502 Å². The van der Waals surface area contributed by atoms with Gasteiger partial charge in [-0.15, -0.1) is 0 Å². The van der Waals surface area contributed by atoms with Crippen LogP contribution < -0.4 is 9.80 Å². The minimum absolute atomic E-state index is 0.418. The summed E-state index contributed by atoms with van der Waals surface area (Å²) in [6, 6.07) is 103. The molecule has 414 valence electrons. The van der Waals surface area contributed by atoms with Crippen LogP contribution in [0.1, 0.15) is 63.8 Å². The molecule has 0 bridgehead atoms. The monoisotopic (exact) mass is 1110 g/mol. The molecule has 2 atom stereocenters. The van der Waals surface area contributed by atoms with Gasteiger partial charge >= 0.3 is 0 Å². The van der Waals surface area contributed by atoms with Crippen LogP contribution in [0.5, 0.6) is 0 Å². The predicted octanol–water partition coefficient (Wildman–Crippen LogP) is 23.1. The highest BCUT2D eigenvalue weighted by molar-refractivity contribution is 6.12. The van der Waals surface area contributed by atoms with Crippen molar-refractivity contribution in [3.8, 4) is 44.5 Å². The lowest BCUT2D eigenvalue weighted by atomic mass is 9.39. The average molecular weight is 1110 g/mol. The van der Waals surface area contributed by atoms with Crippen molar-refractivity contribution in [2.75, 3.05) is 9.80 Å². The quantitative estimate of drug-likeness (QED) is 0.144. The third-order valence-corrected chi connectivity index (χ3v) is 19.1. The number of fused-ring (bicyclic) bond motifs is 12. The van der Waals surface area contributed by atoms with Crippen molar-refractivity contribution < 1.29 is 8.83 Å². The van der Waals surface area contributed by atoms with Gasteiger partial charge in [-0.1, -0.05) is 248 Å². The summed E-state index contributed by atoms with van der Waals surface area (Å²) in [6.07, 6.45) is 0. The van der Waals surface area contributed by atoms with E-state index < -0.39 is 21.7 Å². The van der Waals surface area contributed by atoms with E-state index in [1.165, 1.54) is 55.6 Å². The number of para-hydroxylation sites is 4. The van der Waals surface area contributed by atoms with E-state index in [0.29, 0.717) is 0 Å². The summed E-state index contributed by atoms with van der Waals surface area (Å²) < 4.78 is 13.9. The molecular weight excluding hydrogens is 1040 g/mol. The lowest BCUT2D eigenvalue weighted by molar-refractivity contribution is 0.0594. The van der Waals surface area contributed by atoms with Crippen LogP contribution in [0.4, 0.5) is 34.1 Å². The molecule has 2 unspecified atom stereocenters. The van der Waals surface area contributed by atoms with Crippen LogP contribution in [0.25, 0.3) is 88.4 Å². The minimum Gasteiger partial charge on any atom is -0.454 e. The van der Waals surface area contributed by atoms with Gasteiger partial charge in [0.05, 0.1) is 11.4 Å². The third-order valence-electron chi connectivity index (χ3n) is 19.1. The molecular formula is C82H64N2O2. The van der Waals surface area contributed by atoms with E-state index >= 15 is 0 Å². The fraction of sp³-hybridized carbons (Fsp3) is 0.122. The van der Waals surface area contributed by atoms with E-state index in [4.69, 9.17) is 8.83 Å². The molecule has 0 saturated heterocycles. The number of hydrogen-bond acceptors (Lipinski definition) is 4. The van der Waals surface area contributed by atoms with Gasteiger partial charge in [0.2, 0.25) is 0 Å². The van der Waals surface area contributed by atoms with Crippen molar-refractivity contribution in [2.45, 2.75) is 52.4 Å². The van der Waals surface area contributed by atoms with Crippen LogP contribution in [0.15, 0.2) is 288 Å². The van der Waals surface area contributed by atoms with E-state index in [9.17, 15) is 0 Å². The zero-order valence-electron chi connectivity index (χ0n) is 49.3. The number of anilines is 6. The lowest BCUT2D eigenvalue weighted by Gasteiger charge is -2.62. The molecule has 0 N–H and O–H groups in total. The van der Waals surface area contributed by atoms with Crippen molar-refractivity contribution >= 4 is 78.0 Å². The van der Waals surface area contributed by atoms with Crippen LogP contribution in [-0.2, 0) is 10.8 Å². The van der Waals surface area contributed by atoms with Gasteiger partial charge < -0.3 is 18.6 Å². The number of rotatable bonds is 9. The van der Waals surface area contributed by atoms with Gasteiger partial charge in [-0.25, -0.2) is 0 Å². The Morgan fingerprint density at radius 3 is 1.00 bits per heavy atom. The zero-order chi connectivity index (χ0) is 58.1. The molecule has 2 aliphatic rings. The fourth-order valence-electron chi connectivity index (χ4n) is 15.9. The second-order valence-corrected chi connectivity index (χ2v) is 25.6. The third kappa shape index (κ3) is 7.35. The van der Waals surface area contributed by atoms with E-state index in [2.05, 4.69) is 330 Å². The van der Waals surface area contributed by atoms with Gasteiger partial charge in [0.25, 0.3) is 0 Å². The van der Waals surface area contributed by atoms with E-state index in [-0.39, 0.29) is 0 Å². The molecule has 0 amide bonds. The van der Waals surface area contributed by atoms with Crippen molar-refractivity contribution in [3.05, 3.63) is 301 Å². The lowest BCUT2D eigenvalue weighted by Crippen LogP contribution is -2.62. The maximum absolute atomic E-state index is 6.97. The van der Waals surface area contributed by atoms with Gasteiger partial charge in [0.15, 0.2) is 11.2 Å². The molecule has 4 heteroatoms. The highest BCUT2D eigenvalue weighted by atomic mass is 16.3. The largest absolute Gasteiger partial charge is 0.454 e. The first-order valence-corrected chi connectivity index (χ1v) is 30.1. The van der Waals surface area contributed by atoms with Gasteiger partial charge in [-0.05, 0) is 150 Å². The Hall–Kier alpha value is -10.2. The summed E-state index contributed by atoms with van der Waals surface area (Å²) in [4.78, 5) is 4.88. The highest BCUT2D eigenvalue weighted by Gasteiger charge is 2.70. The van der Waals surface area contributed by atoms with E-state index in [0.717, 1.165) is 89.1 Å². The Morgan fingerprint density at radius 2 is 0.593 bits per heavy atom. The maximum atomic E-state index is 6.97. The number of hydrogen-bond donors (Lipinski definition) is 0. The Kier molecular flexibility index (Phi) is 11.5. The van der Waals surface area contributed by atoms with Crippen molar-refractivity contribution in [3.63, 3.8) is 0 Å². The number of nitrogens with zero attached hydrogens (tertiary/aromatic N) is 2. The molecule has 0 fully saturated rings. The standard InChI is InChI=1S/C82H64N2O2/c1-79(2,3)81(69-33-17-13-27-61(69)63-49-47-59(51-71(63)81)83(57-43-39-55(40-44-57)53-23-9-7-10-24-53)73-35-21-31-67-65-29-15-19-37-75(65)85-77(67)73)82(80(4,5)6)70-34-18-14-28-62(70)64-50-48-60(52-72(64)82)84(58-45-41-56(42-46-58)54-25-11-8-12-26-54)74-36-22-32-68-66-30-16-20-38-76(66)86-78(68)74/h7-52H,1-6H3. The molecule has 14 aromatic rings. The van der Waals surface area contributed by atoms with Crippen LogP contribution in [0.3, 0.4) is 0 Å². The number of benzene rings is 12. The van der Waals surface area contributed by atoms with Crippen molar-refractivity contribution in [2.24, 2.45) is 10.8 Å². The van der Waals surface area contributed by atoms with Gasteiger partial charge in [-0.3, -0.25) is 0 Å². The van der Waals surface area contributed by atoms with E-state index in [1.807, 2.05) is 0 Å².